The molecule has 2 aromatic rings. The molecule has 0 aliphatic rings. The predicted octanol–water partition coefficient (Wildman–Crippen LogP) is 3.08. The first-order valence-corrected chi connectivity index (χ1v) is 4.21. The Labute approximate surface area is 83.3 Å². The van der Waals surface area contributed by atoms with Gasteiger partial charge in [-0.3, -0.25) is 0 Å². The maximum Gasteiger partial charge on any atom is 0.167 e. The second-order valence-corrected chi connectivity index (χ2v) is 3.15. The summed E-state index contributed by atoms with van der Waals surface area (Å²) >= 11 is 11.2. The van der Waals surface area contributed by atoms with E-state index in [9.17, 15) is 4.39 Å². The number of benzene rings is 1. The molecule has 1 heterocycles. The fourth-order valence-electron chi connectivity index (χ4n) is 0.984. The van der Waals surface area contributed by atoms with Crippen LogP contribution in [0.4, 0.5) is 4.39 Å². The van der Waals surface area contributed by atoms with Crippen molar-refractivity contribution in [2.75, 3.05) is 0 Å². The average molecular weight is 217 g/mol. The number of hydrogen-bond donors (Lipinski definition) is 0. The molecular weight excluding hydrogens is 214 g/mol. The van der Waals surface area contributed by atoms with Crippen molar-refractivity contribution >= 4 is 34.2 Å². The van der Waals surface area contributed by atoms with Crippen LogP contribution < -0.4 is 0 Å². The Morgan fingerprint density at radius 1 is 1.00 bits per heavy atom. The molecule has 2 rings (SSSR count). The van der Waals surface area contributed by atoms with Crippen LogP contribution in [-0.2, 0) is 0 Å². The summed E-state index contributed by atoms with van der Waals surface area (Å²) in [5.41, 5.74) is 0.921. The van der Waals surface area contributed by atoms with Gasteiger partial charge in [0.25, 0.3) is 0 Å². The van der Waals surface area contributed by atoms with E-state index in [4.69, 9.17) is 23.2 Å². The van der Waals surface area contributed by atoms with Crippen LogP contribution in [0.1, 0.15) is 0 Å². The molecule has 66 valence electrons. The summed E-state index contributed by atoms with van der Waals surface area (Å²) in [5, 5.41) is 0.209. The molecule has 2 nitrogen and oxygen atoms in total. The average Bonchev–Trinajstić information content (AvgIpc) is 2.08. The van der Waals surface area contributed by atoms with Gasteiger partial charge in [-0.1, -0.05) is 23.2 Å². The van der Waals surface area contributed by atoms with Crippen LogP contribution in [0.25, 0.3) is 11.0 Å². The molecule has 0 aliphatic heterocycles. The molecule has 0 unspecified atom stereocenters. The number of halogens is 3. The monoisotopic (exact) mass is 216 g/mol. The molecule has 0 fully saturated rings. The molecule has 0 saturated carbocycles. The van der Waals surface area contributed by atoms with Crippen LogP contribution in [0.5, 0.6) is 0 Å². The number of aromatic nitrogens is 2. The molecule has 0 aliphatic carbocycles. The van der Waals surface area contributed by atoms with Crippen LogP contribution in [0, 0.1) is 5.82 Å². The van der Waals surface area contributed by atoms with Crippen LogP contribution in [-0.4, -0.2) is 9.97 Å². The van der Waals surface area contributed by atoms with E-state index in [1.165, 1.54) is 18.2 Å². The highest BCUT2D eigenvalue weighted by Gasteiger charge is 2.04. The lowest BCUT2D eigenvalue weighted by atomic mass is 10.3. The normalized spacial score (nSPS) is 10.7. The first-order chi connectivity index (χ1) is 6.16. The zero-order chi connectivity index (χ0) is 9.42. The van der Waals surface area contributed by atoms with Crippen LogP contribution in [0.3, 0.4) is 0 Å². The van der Waals surface area contributed by atoms with Gasteiger partial charge in [-0.15, -0.1) is 0 Å². The van der Waals surface area contributed by atoms with Crippen LogP contribution >= 0.6 is 23.2 Å². The second kappa shape index (κ2) is 3.09. The highest BCUT2D eigenvalue weighted by Crippen LogP contribution is 2.21. The number of hydrogen-bond acceptors (Lipinski definition) is 2. The van der Waals surface area contributed by atoms with Gasteiger partial charge in [-0.25, -0.2) is 14.4 Å². The minimum absolute atomic E-state index is 0.0831. The third-order valence-corrected chi connectivity index (χ3v) is 2.17. The van der Waals surface area contributed by atoms with Crippen molar-refractivity contribution in [3.05, 3.63) is 34.3 Å². The van der Waals surface area contributed by atoms with Gasteiger partial charge in [-0.2, -0.15) is 0 Å². The Morgan fingerprint density at radius 3 is 2.31 bits per heavy atom. The van der Waals surface area contributed by atoms with Crippen molar-refractivity contribution in [2.24, 2.45) is 0 Å². The van der Waals surface area contributed by atoms with Crippen molar-refractivity contribution in [2.45, 2.75) is 0 Å². The molecular formula is C8H3Cl2FN2. The number of fused-ring (bicyclic) bond motifs is 1. The summed E-state index contributed by atoms with van der Waals surface area (Å²) in [6, 6.07) is 4.05. The Hall–Kier alpha value is -0.930. The van der Waals surface area contributed by atoms with E-state index in [1.54, 1.807) is 0 Å². The van der Waals surface area contributed by atoms with Crippen LogP contribution in [0.2, 0.25) is 10.3 Å². The van der Waals surface area contributed by atoms with E-state index in [1.807, 2.05) is 0 Å². The maximum atomic E-state index is 12.7. The van der Waals surface area contributed by atoms with E-state index >= 15 is 0 Å². The van der Waals surface area contributed by atoms with E-state index in [2.05, 4.69) is 9.97 Å². The summed E-state index contributed by atoms with van der Waals surface area (Å²) in [6.45, 7) is 0. The highest BCUT2D eigenvalue weighted by atomic mass is 35.5. The minimum Gasteiger partial charge on any atom is -0.231 e. The predicted molar refractivity (Wildman–Crippen MR) is 49.5 cm³/mol. The number of rotatable bonds is 0. The summed E-state index contributed by atoms with van der Waals surface area (Å²) in [7, 11) is 0. The lowest BCUT2D eigenvalue weighted by molar-refractivity contribution is 0.629. The van der Waals surface area contributed by atoms with Gasteiger partial charge in [0, 0.05) is 6.07 Å². The van der Waals surface area contributed by atoms with E-state index in [0.29, 0.717) is 11.0 Å². The molecule has 5 heteroatoms. The second-order valence-electron chi connectivity index (χ2n) is 2.44. The van der Waals surface area contributed by atoms with Gasteiger partial charge in [-0.05, 0) is 12.1 Å². The van der Waals surface area contributed by atoms with E-state index in [-0.39, 0.29) is 16.1 Å². The Bertz CT molecular complexity index is 473. The van der Waals surface area contributed by atoms with Crippen molar-refractivity contribution in [1.82, 2.24) is 9.97 Å². The van der Waals surface area contributed by atoms with Gasteiger partial charge in [0.1, 0.15) is 5.82 Å². The molecule has 0 spiro atoms. The first kappa shape index (κ1) is 8.66. The lowest BCUT2D eigenvalue weighted by Crippen LogP contribution is -1.87. The Kier molecular flexibility index (Phi) is 2.06. The fourth-order valence-corrected chi connectivity index (χ4v) is 1.25. The molecule has 0 amide bonds. The zero-order valence-corrected chi connectivity index (χ0v) is 7.77. The molecule has 1 aromatic carbocycles. The molecule has 0 saturated heterocycles. The summed E-state index contributed by atoms with van der Waals surface area (Å²) in [4.78, 5) is 7.79. The first-order valence-electron chi connectivity index (χ1n) is 3.45. The highest BCUT2D eigenvalue weighted by molar-refractivity contribution is 6.40. The fraction of sp³-hybridized carbons (Fsp3) is 0. The molecule has 0 N–H and O–H groups in total. The maximum absolute atomic E-state index is 12.7. The molecule has 0 bridgehead atoms. The lowest BCUT2D eigenvalue weighted by Gasteiger charge is -1.98. The van der Waals surface area contributed by atoms with Gasteiger partial charge >= 0.3 is 0 Å². The third kappa shape index (κ3) is 1.57. The standard InChI is InChI=1S/C8H3Cl2FN2/c9-7-8(10)13-6-3-4(11)1-2-5(6)12-7/h1-3H. The smallest absolute Gasteiger partial charge is 0.167 e. The van der Waals surface area contributed by atoms with Crippen molar-refractivity contribution in [3.63, 3.8) is 0 Å². The van der Waals surface area contributed by atoms with E-state index in [0.717, 1.165) is 0 Å². The molecule has 0 atom stereocenters. The zero-order valence-electron chi connectivity index (χ0n) is 6.26. The Morgan fingerprint density at radius 2 is 1.62 bits per heavy atom. The largest absolute Gasteiger partial charge is 0.231 e. The molecule has 13 heavy (non-hydrogen) atoms. The van der Waals surface area contributed by atoms with Crippen molar-refractivity contribution in [3.8, 4) is 0 Å². The summed E-state index contributed by atoms with van der Waals surface area (Å²) in [5.74, 6) is -0.375. The van der Waals surface area contributed by atoms with Crippen molar-refractivity contribution < 1.29 is 4.39 Å². The number of nitrogens with zero attached hydrogens (tertiary/aromatic N) is 2. The quantitative estimate of drug-likeness (QED) is 0.677. The van der Waals surface area contributed by atoms with Gasteiger partial charge in [0.2, 0.25) is 0 Å². The van der Waals surface area contributed by atoms with E-state index < -0.39 is 0 Å². The minimum atomic E-state index is -0.375. The topological polar surface area (TPSA) is 25.8 Å². The van der Waals surface area contributed by atoms with Gasteiger partial charge in [0.15, 0.2) is 10.3 Å². The SMILES string of the molecule is Fc1ccc2nc(Cl)c(Cl)nc2c1. The molecule has 1 aromatic heterocycles. The van der Waals surface area contributed by atoms with Crippen LogP contribution in [0.15, 0.2) is 18.2 Å². The van der Waals surface area contributed by atoms with Gasteiger partial charge < -0.3 is 0 Å². The van der Waals surface area contributed by atoms with Crippen molar-refractivity contribution in [1.29, 1.82) is 0 Å². The Balaban J connectivity index is 2.81. The summed E-state index contributed by atoms with van der Waals surface area (Å²) in [6.07, 6.45) is 0. The van der Waals surface area contributed by atoms with Gasteiger partial charge in [0.05, 0.1) is 11.0 Å². The molecule has 0 radical (unpaired) electrons. The third-order valence-electron chi connectivity index (χ3n) is 1.54. The summed E-state index contributed by atoms with van der Waals surface area (Å²) < 4.78 is 12.7.